The standard InChI is InChI=1S/C8H14O/c1-2-7-3-4-8(5-7)6-9/h2,8-9H,3-6H2,1H3/t8-/m0/s1. The number of aliphatic hydroxyl groups is 1. The van der Waals surface area contributed by atoms with E-state index in [1.165, 1.54) is 18.4 Å². The summed E-state index contributed by atoms with van der Waals surface area (Å²) in [7, 11) is 0. The van der Waals surface area contributed by atoms with Crippen LogP contribution in [0, 0.1) is 5.92 Å². The van der Waals surface area contributed by atoms with E-state index in [0.29, 0.717) is 12.5 Å². The molecule has 1 N–H and O–H groups in total. The van der Waals surface area contributed by atoms with Gasteiger partial charge in [-0.1, -0.05) is 11.6 Å². The second-order valence-electron chi connectivity index (χ2n) is 2.74. The lowest BCUT2D eigenvalue weighted by Crippen LogP contribution is -1.97. The van der Waals surface area contributed by atoms with Crippen molar-refractivity contribution in [3.8, 4) is 0 Å². The van der Waals surface area contributed by atoms with Crippen LogP contribution in [0.3, 0.4) is 0 Å². The Balaban J connectivity index is 2.38. The van der Waals surface area contributed by atoms with Crippen molar-refractivity contribution >= 4 is 0 Å². The highest BCUT2D eigenvalue weighted by atomic mass is 16.3. The molecule has 0 aromatic heterocycles. The van der Waals surface area contributed by atoms with Gasteiger partial charge in [0.15, 0.2) is 0 Å². The van der Waals surface area contributed by atoms with Crippen LogP contribution in [-0.4, -0.2) is 11.7 Å². The molecular weight excluding hydrogens is 112 g/mol. The van der Waals surface area contributed by atoms with Crippen molar-refractivity contribution in [2.75, 3.05) is 6.61 Å². The molecule has 9 heavy (non-hydrogen) atoms. The lowest BCUT2D eigenvalue weighted by molar-refractivity contribution is 0.231. The summed E-state index contributed by atoms with van der Waals surface area (Å²) in [5, 5.41) is 8.75. The van der Waals surface area contributed by atoms with Gasteiger partial charge in [-0.3, -0.25) is 0 Å². The maximum Gasteiger partial charge on any atom is 0.0462 e. The molecule has 1 atom stereocenters. The molecule has 1 aliphatic rings. The van der Waals surface area contributed by atoms with E-state index in [1.807, 2.05) is 0 Å². The molecular formula is C8H14O. The Kier molecular flexibility index (Phi) is 2.29. The maximum absolute atomic E-state index is 8.75. The summed E-state index contributed by atoms with van der Waals surface area (Å²) in [5.41, 5.74) is 1.52. The Hall–Kier alpha value is -0.300. The second-order valence-corrected chi connectivity index (χ2v) is 2.74. The number of hydrogen-bond acceptors (Lipinski definition) is 1. The average Bonchev–Trinajstić information content (AvgIpc) is 2.34. The Morgan fingerprint density at radius 2 is 2.56 bits per heavy atom. The first-order valence-corrected chi connectivity index (χ1v) is 3.61. The minimum atomic E-state index is 0.372. The van der Waals surface area contributed by atoms with Gasteiger partial charge in [-0.15, -0.1) is 0 Å². The van der Waals surface area contributed by atoms with Gasteiger partial charge < -0.3 is 5.11 Å². The zero-order valence-electron chi connectivity index (χ0n) is 5.93. The molecule has 1 saturated carbocycles. The minimum absolute atomic E-state index is 0.372. The molecule has 1 fully saturated rings. The van der Waals surface area contributed by atoms with E-state index >= 15 is 0 Å². The van der Waals surface area contributed by atoms with Crippen LogP contribution in [0.2, 0.25) is 0 Å². The lowest BCUT2D eigenvalue weighted by atomic mass is 10.1. The monoisotopic (exact) mass is 126 g/mol. The zero-order chi connectivity index (χ0) is 6.69. The van der Waals surface area contributed by atoms with Gasteiger partial charge >= 0.3 is 0 Å². The van der Waals surface area contributed by atoms with Crippen LogP contribution in [0.1, 0.15) is 26.2 Å². The lowest BCUT2D eigenvalue weighted by Gasteiger charge is -1.99. The third-order valence-corrected chi connectivity index (χ3v) is 2.09. The third-order valence-electron chi connectivity index (χ3n) is 2.09. The Morgan fingerprint density at radius 1 is 1.78 bits per heavy atom. The van der Waals surface area contributed by atoms with Gasteiger partial charge in [0, 0.05) is 6.61 Å². The number of rotatable bonds is 1. The van der Waals surface area contributed by atoms with E-state index in [2.05, 4.69) is 13.0 Å². The van der Waals surface area contributed by atoms with Crippen LogP contribution in [0.4, 0.5) is 0 Å². The fourth-order valence-electron chi connectivity index (χ4n) is 1.38. The van der Waals surface area contributed by atoms with Crippen molar-refractivity contribution in [2.45, 2.75) is 26.2 Å². The van der Waals surface area contributed by atoms with Gasteiger partial charge in [0.05, 0.1) is 0 Å². The number of hydrogen-bond donors (Lipinski definition) is 1. The predicted octanol–water partition coefficient (Wildman–Crippen LogP) is 1.73. The first-order valence-electron chi connectivity index (χ1n) is 3.61. The van der Waals surface area contributed by atoms with Gasteiger partial charge in [-0.2, -0.15) is 0 Å². The Morgan fingerprint density at radius 3 is 2.89 bits per heavy atom. The smallest absolute Gasteiger partial charge is 0.0462 e. The molecule has 0 saturated heterocycles. The Bertz CT molecular complexity index is 116. The van der Waals surface area contributed by atoms with E-state index in [4.69, 9.17) is 5.11 Å². The summed E-state index contributed by atoms with van der Waals surface area (Å²) in [6, 6.07) is 0. The van der Waals surface area contributed by atoms with Crippen molar-refractivity contribution in [1.29, 1.82) is 0 Å². The van der Waals surface area contributed by atoms with Gasteiger partial charge in [0.1, 0.15) is 0 Å². The molecule has 52 valence electrons. The predicted molar refractivity (Wildman–Crippen MR) is 38.2 cm³/mol. The van der Waals surface area contributed by atoms with Crippen LogP contribution >= 0.6 is 0 Å². The van der Waals surface area contributed by atoms with Crippen molar-refractivity contribution in [1.82, 2.24) is 0 Å². The molecule has 0 aromatic carbocycles. The van der Waals surface area contributed by atoms with Gasteiger partial charge in [-0.05, 0) is 32.1 Å². The highest BCUT2D eigenvalue weighted by molar-refractivity contribution is 5.06. The maximum atomic E-state index is 8.75. The van der Waals surface area contributed by atoms with Crippen LogP contribution in [0.5, 0.6) is 0 Å². The van der Waals surface area contributed by atoms with E-state index < -0.39 is 0 Å². The molecule has 0 bridgehead atoms. The van der Waals surface area contributed by atoms with Crippen LogP contribution in [-0.2, 0) is 0 Å². The van der Waals surface area contributed by atoms with E-state index in [1.54, 1.807) is 0 Å². The van der Waals surface area contributed by atoms with Crippen molar-refractivity contribution in [3.05, 3.63) is 11.6 Å². The van der Waals surface area contributed by atoms with Crippen molar-refractivity contribution in [3.63, 3.8) is 0 Å². The largest absolute Gasteiger partial charge is 0.396 e. The van der Waals surface area contributed by atoms with Gasteiger partial charge in [-0.25, -0.2) is 0 Å². The van der Waals surface area contributed by atoms with Crippen LogP contribution < -0.4 is 0 Å². The number of aliphatic hydroxyl groups excluding tert-OH is 1. The number of allylic oxidation sites excluding steroid dienone is 2. The molecule has 1 aliphatic carbocycles. The summed E-state index contributed by atoms with van der Waals surface area (Å²) in [4.78, 5) is 0. The highest BCUT2D eigenvalue weighted by Gasteiger charge is 2.16. The summed E-state index contributed by atoms with van der Waals surface area (Å²) >= 11 is 0. The minimum Gasteiger partial charge on any atom is -0.396 e. The molecule has 1 rings (SSSR count). The average molecular weight is 126 g/mol. The third kappa shape index (κ3) is 1.55. The molecule has 1 heteroatoms. The summed E-state index contributed by atoms with van der Waals surface area (Å²) in [5.74, 6) is 0.566. The summed E-state index contributed by atoms with van der Waals surface area (Å²) in [6.45, 7) is 2.45. The summed E-state index contributed by atoms with van der Waals surface area (Å²) in [6.07, 6.45) is 5.71. The molecule has 0 radical (unpaired) electrons. The molecule has 0 amide bonds. The molecule has 1 nitrogen and oxygen atoms in total. The van der Waals surface area contributed by atoms with E-state index in [0.717, 1.165) is 6.42 Å². The van der Waals surface area contributed by atoms with Gasteiger partial charge in [0.2, 0.25) is 0 Å². The van der Waals surface area contributed by atoms with Gasteiger partial charge in [0.25, 0.3) is 0 Å². The van der Waals surface area contributed by atoms with E-state index in [9.17, 15) is 0 Å². The van der Waals surface area contributed by atoms with Crippen molar-refractivity contribution in [2.24, 2.45) is 5.92 Å². The molecule has 0 aliphatic heterocycles. The van der Waals surface area contributed by atoms with E-state index in [-0.39, 0.29) is 0 Å². The zero-order valence-corrected chi connectivity index (χ0v) is 5.93. The fraction of sp³-hybridized carbons (Fsp3) is 0.750. The normalized spacial score (nSPS) is 31.8. The van der Waals surface area contributed by atoms with Crippen molar-refractivity contribution < 1.29 is 5.11 Å². The quantitative estimate of drug-likeness (QED) is 0.530. The second kappa shape index (κ2) is 3.02. The fourth-order valence-corrected chi connectivity index (χ4v) is 1.38. The first kappa shape index (κ1) is 6.81. The Labute approximate surface area is 56.4 Å². The van der Waals surface area contributed by atoms with Crippen LogP contribution in [0.25, 0.3) is 0 Å². The molecule has 0 unspecified atom stereocenters. The van der Waals surface area contributed by atoms with Crippen LogP contribution in [0.15, 0.2) is 11.6 Å². The molecule has 0 aromatic rings. The topological polar surface area (TPSA) is 20.2 Å². The highest BCUT2D eigenvalue weighted by Crippen LogP contribution is 2.29. The first-order chi connectivity index (χ1) is 4.36. The SMILES string of the molecule is CC=C1CC[C@H](CO)C1. The molecule has 0 heterocycles. The molecule has 0 spiro atoms. The summed E-state index contributed by atoms with van der Waals surface area (Å²) < 4.78 is 0.